The van der Waals surface area contributed by atoms with Crippen LogP contribution in [0.5, 0.6) is 0 Å². The van der Waals surface area contributed by atoms with Crippen molar-refractivity contribution in [3.63, 3.8) is 0 Å². The molecule has 0 atom stereocenters. The summed E-state index contributed by atoms with van der Waals surface area (Å²) in [6.45, 7) is 3.27. The van der Waals surface area contributed by atoms with Crippen LogP contribution in [0.4, 0.5) is 5.69 Å². The first kappa shape index (κ1) is 18.2. The number of benzene rings is 1. The van der Waals surface area contributed by atoms with Crippen LogP contribution in [0, 0.1) is 0 Å². The van der Waals surface area contributed by atoms with Crippen LogP contribution < -0.4 is 16.6 Å². The molecule has 132 valence electrons. The molecule has 1 aromatic heterocycles. The maximum Gasteiger partial charge on any atom is 0.328 e. The Morgan fingerprint density at radius 2 is 1.84 bits per heavy atom. The molecule has 0 aliphatic heterocycles. The zero-order valence-corrected chi connectivity index (χ0v) is 13.9. The second-order valence-corrected chi connectivity index (χ2v) is 5.72. The van der Waals surface area contributed by atoms with Gasteiger partial charge in [-0.15, -0.1) is 0 Å². The Hall–Kier alpha value is -3.16. The van der Waals surface area contributed by atoms with Crippen molar-refractivity contribution in [2.45, 2.75) is 26.3 Å². The summed E-state index contributed by atoms with van der Waals surface area (Å²) in [5.74, 6) is -0.860. The average molecular weight is 345 g/mol. The van der Waals surface area contributed by atoms with Crippen LogP contribution in [-0.4, -0.2) is 28.0 Å². The van der Waals surface area contributed by atoms with E-state index in [0.717, 1.165) is 16.2 Å². The van der Waals surface area contributed by atoms with Crippen LogP contribution in [0.25, 0.3) is 0 Å². The van der Waals surface area contributed by atoms with Gasteiger partial charge in [-0.1, -0.05) is 26.0 Å². The highest BCUT2D eigenvalue weighted by Gasteiger charge is 2.10. The molecular weight excluding hydrogens is 326 g/mol. The van der Waals surface area contributed by atoms with Crippen LogP contribution in [-0.2, 0) is 20.9 Å². The van der Waals surface area contributed by atoms with Gasteiger partial charge in [0.05, 0.1) is 0 Å². The molecule has 0 fully saturated rings. The summed E-state index contributed by atoms with van der Waals surface area (Å²) in [6, 6.07) is 8.48. The predicted molar refractivity (Wildman–Crippen MR) is 91.4 cm³/mol. The molecule has 0 radical (unpaired) electrons. The number of hydrogen-bond donors (Lipinski definition) is 2. The third-order valence-electron chi connectivity index (χ3n) is 3.42. The van der Waals surface area contributed by atoms with Gasteiger partial charge >= 0.3 is 11.7 Å². The van der Waals surface area contributed by atoms with Gasteiger partial charge in [-0.05, 0) is 23.6 Å². The Kier molecular flexibility index (Phi) is 5.89. The molecule has 2 aromatic rings. The van der Waals surface area contributed by atoms with Crippen molar-refractivity contribution in [2.75, 3.05) is 11.9 Å². The van der Waals surface area contributed by atoms with Crippen LogP contribution in [0.2, 0.25) is 0 Å². The van der Waals surface area contributed by atoms with Gasteiger partial charge in [0.25, 0.3) is 11.5 Å². The van der Waals surface area contributed by atoms with Crippen molar-refractivity contribution < 1.29 is 14.3 Å². The summed E-state index contributed by atoms with van der Waals surface area (Å²) in [5.41, 5.74) is 0.467. The lowest BCUT2D eigenvalue weighted by atomic mass is 10.0. The predicted octanol–water partition coefficient (Wildman–Crippen LogP) is 0.842. The van der Waals surface area contributed by atoms with Crippen LogP contribution in [0.15, 0.2) is 46.1 Å². The van der Waals surface area contributed by atoms with Crippen molar-refractivity contribution >= 4 is 17.6 Å². The summed E-state index contributed by atoms with van der Waals surface area (Å²) in [5, 5.41) is 2.61. The number of carbonyl (C=O) groups excluding carboxylic acids is 2. The molecular formula is C17H19N3O5. The monoisotopic (exact) mass is 345 g/mol. The molecule has 8 nitrogen and oxygen atoms in total. The van der Waals surface area contributed by atoms with E-state index in [9.17, 15) is 19.2 Å². The lowest BCUT2D eigenvalue weighted by Gasteiger charge is -2.09. The summed E-state index contributed by atoms with van der Waals surface area (Å²) >= 11 is 0. The number of nitrogens with zero attached hydrogens (tertiary/aromatic N) is 1. The number of aromatic amines is 1. The number of amides is 1. The van der Waals surface area contributed by atoms with Gasteiger partial charge in [0, 0.05) is 18.0 Å². The minimum absolute atomic E-state index is 0.391. The number of carbonyl (C=O) groups is 2. The first-order valence-corrected chi connectivity index (χ1v) is 7.70. The molecule has 1 heterocycles. The molecule has 0 saturated heterocycles. The highest BCUT2D eigenvalue weighted by Crippen LogP contribution is 2.16. The third kappa shape index (κ3) is 5.45. The number of hydrogen-bond acceptors (Lipinski definition) is 5. The smallest absolute Gasteiger partial charge is 0.328 e. The molecule has 1 aromatic carbocycles. The molecule has 2 N–H and O–H groups in total. The van der Waals surface area contributed by atoms with Crippen molar-refractivity contribution in [3.05, 3.63) is 62.9 Å². The van der Waals surface area contributed by atoms with E-state index < -0.39 is 36.3 Å². The van der Waals surface area contributed by atoms with E-state index in [-0.39, 0.29) is 0 Å². The molecule has 1 amide bonds. The third-order valence-corrected chi connectivity index (χ3v) is 3.42. The maximum atomic E-state index is 11.8. The minimum Gasteiger partial charge on any atom is -0.454 e. The first-order valence-electron chi connectivity index (χ1n) is 7.70. The summed E-state index contributed by atoms with van der Waals surface area (Å²) in [7, 11) is 0. The van der Waals surface area contributed by atoms with Gasteiger partial charge in [-0.2, -0.15) is 0 Å². The number of H-pyrrole nitrogens is 1. The van der Waals surface area contributed by atoms with Crippen LogP contribution >= 0.6 is 0 Å². The van der Waals surface area contributed by atoms with Gasteiger partial charge in [0.15, 0.2) is 6.61 Å². The average Bonchev–Trinajstić information content (AvgIpc) is 2.56. The van der Waals surface area contributed by atoms with Gasteiger partial charge in [0.2, 0.25) is 0 Å². The zero-order chi connectivity index (χ0) is 18.4. The van der Waals surface area contributed by atoms with Crippen molar-refractivity contribution in [3.8, 4) is 0 Å². The second kappa shape index (κ2) is 8.09. The first-order chi connectivity index (χ1) is 11.8. The molecule has 25 heavy (non-hydrogen) atoms. The fourth-order valence-electron chi connectivity index (χ4n) is 2.05. The van der Waals surface area contributed by atoms with Crippen LogP contribution in [0.1, 0.15) is 25.3 Å². The highest BCUT2D eigenvalue weighted by atomic mass is 16.5. The Morgan fingerprint density at radius 1 is 1.16 bits per heavy atom. The van der Waals surface area contributed by atoms with E-state index in [1.165, 1.54) is 6.20 Å². The molecule has 0 bridgehead atoms. The molecule has 2 rings (SSSR count). The Labute approximate surface area is 143 Å². The Morgan fingerprint density at radius 3 is 2.44 bits per heavy atom. The maximum absolute atomic E-state index is 11.8. The normalized spacial score (nSPS) is 10.5. The summed E-state index contributed by atoms with van der Waals surface area (Å²) in [6.07, 6.45) is 1.18. The number of rotatable bonds is 6. The Bertz CT molecular complexity index is 865. The minimum atomic E-state index is -0.764. The second-order valence-electron chi connectivity index (χ2n) is 5.72. The Balaban J connectivity index is 1.83. The quantitative estimate of drug-likeness (QED) is 0.754. The standard InChI is InChI=1S/C17H19N3O5/c1-11(2)12-3-5-13(6-4-12)18-15(22)10-25-16(23)9-20-8-7-14(21)19-17(20)24/h3-8,11H,9-10H2,1-2H3,(H,18,22)(H,19,21,24). The number of ether oxygens (including phenoxy) is 1. The lowest BCUT2D eigenvalue weighted by Crippen LogP contribution is -2.32. The van der Waals surface area contributed by atoms with E-state index in [0.29, 0.717) is 11.6 Å². The summed E-state index contributed by atoms with van der Waals surface area (Å²) in [4.78, 5) is 47.9. The van der Waals surface area contributed by atoms with Gasteiger partial charge < -0.3 is 10.1 Å². The van der Waals surface area contributed by atoms with E-state index in [1.54, 1.807) is 12.1 Å². The molecule has 0 unspecified atom stereocenters. The number of anilines is 1. The van der Waals surface area contributed by atoms with Crippen molar-refractivity contribution in [2.24, 2.45) is 0 Å². The number of nitrogens with one attached hydrogen (secondary N) is 2. The summed E-state index contributed by atoms with van der Waals surface area (Å²) < 4.78 is 5.80. The molecule has 0 aliphatic rings. The van der Waals surface area contributed by atoms with Crippen LogP contribution in [0.3, 0.4) is 0 Å². The SMILES string of the molecule is CC(C)c1ccc(NC(=O)COC(=O)Cn2ccc(=O)[nH]c2=O)cc1. The molecule has 0 saturated carbocycles. The van der Waals surface area contributed by atoms with Crippen molar-refractivity contribution in [1.82, 2.24) is 9.55 Å². The fraction of sp³-hybridized carbons (Fsp3) is 0.294. The van der Waals surface area contributed by atoms with E-state index >= 15 is 0 Å². The largest absolute Gasteiger partial charge is 0.454 e. The number of aromatic nitrogens is 2. The lowest BCUT2D eigenvalue weighted by molar-refractivity contribution is -0.148. The van der Waals surface area contributed by atoms with Crippen molar-refractivity contribution in [1.29, 1.82) is 0 Å². The van der Waals surface area contributed by atoms with E-state index in [4.69, 9.17) is 4.74 Å². The molecule has 8 heteroatoms. The van der Waals surface area contributed by atoms with E-state index in [2.05, 4.69) is 19.2 Å². The highest BCUT2D eigenvalue weighted by molar-refractivity contribution is 5.92. The van der Waals surface area contributed by atoms with Gasteiger partial charge in [-0.25, -0.2) is 4.79 Å². The van der Waals surface area contributed by atoms with Gasteiger partial charge in [0.1, 0.15) is 6.54 Å². The number of esters is 1. The topological polar surface area (TPSA) is 110 Å². The van der Waals surface area contributed by atoms with E-state index in [1.807, 2.05) is 17.1 Å². The fourth-order valence-corrected chi connectivity index (χ4v) is 2.05. The molecule has 0 spiro atoms. The molecule has 0 aliphatic carbocycles. The zero-order valence-electron chi connectivity index (χ0n) is 13.9. The van der Waals surface area contributed by atoms with Gasteiger partial charge in [-0.3, -0.25) is 23.9 Å².